The lowest BCUT2D eigenvalue weighted by Gasteiger charge is -2.40. The van der Waals surface area contributed by atoms with Crippen molar-refractivity contribution in [1.82, 2.24) is 5.32 Å². The maximum absolute atomic E-state index is 16.2. The Kier molecular flexibility index (Phi) is 4.03. The first-order valence-corrected chi connectivity index (χ1v) is 9.67. The molecule has 2 nitrogen and oxygen atoms in total. The van der Waals surface area contributed by atoms with E-state index in [1.54, 1.807) is 17.8 Å². The van der Waals surface area contributed by atoms with Gasteiger partial charge in [-0.25, -0.2) is 4.39 Å². The molecule has 2 atom stereocenters. The van der Waals surface area contributed by atoms with Gasteiger partial charge in [0.25, 0.3) is 0 Å². The molecule has 4 heteroatoms. The molecule has 0 bridgehead atoms. The molecule has 2 heterocycles. The van der Waals surface area contributed by atoms with Crippen LogP contribution in [0.4, 0.5) is 4.39 Å². The first-order valence-electron chi connectivity index (χ1n) is 8.68. The van der Waals surface area contributed by atoms with E-state index in [2.05, 4.69) is 11.9 Å². The van der Waals surface area contributed by atoms with Gasteiger partial charge in [-0.05, 0) is 31.8 Å². The Morgan fingerprint density at radius 3 is 3.08 bits per heavy atom. The molecule has 0 spiro atoms. The Morgan fingerprint density at radius 1 is 1.38 bits per heavy atom. The lowest BCUT2D eigenvalue weighted by Crippen LogP contribution is -2.42. The van der Waals surface area contributed by atoms with Gasteiger partial charge in [-0.1, -0.05) is 23.8 Å². The highest BCUT2D eigenvalue weighted by Crippen LogP contribution is 2.53. The number of ketones is 1. The van der Waals surface area contributed by atoms with Crippen molar-refractivity contribution in [3.8, 4) is 0 Å². The number of hydrogen-bond donors (Lipinski definition) is 1. The van der Waals surface area contributed by atoms with Gasteiger partial charge in [0.1, 0.15) is 5.67 Å². The van der Waals surface area contributed by atoms with Gasteiger partial charge in [0, 0.05) is 40.5 Å². The summed E-state index contributed by atoms with van der Waals surface area (Å²) in [6.07, 6.45) is 11.5. The van der Waals surface area contributed by atoms with Crippen LogP contribution in [0.5, 0.6) is 0 Å². The van der Waals surface area contributed by atoms with E-state index in [4.69, 9.17) is 0 Å². The van der Waals surface area contributed by atoms with Crippen LogP contribution in [0.1, 0.15) is 38.5 Å². The minimum atomic E-state index is -1.51. The summed E-state index contributed by atoms with van der Waals surface area (Å²) in [5.41, 5.74) is 2.36. The van der Waals surface area contributed by atoms with E-state index in [1.807, 2.05) is 18.2 Å². The van der Waals surface area contributed by atoms with Crippen molar-refractivity contribution < 1.29 is 9.18 Å². The molecule has 2 unspecified atom stereocenters. The van der Waals surface area contributed by atoms with Crippen LogP contribution in [0.15, 0.2) is 58.3 Å². The monoisotopic (exact) mass is 343 g/mol. The van der Waals surface area contributed by atoms with Gasteiger partial charge in [0.2, 0.25) is 0 Å². The molecule has 0 aromatic rings. The predicted octanol–water partition coefficient (Wildman–Crippen LogP) is 4.73. The molecule has 0 aromatic carbocycles. The summed E-state index contributed by atoms with van der Waals surface area (Å²) in [5, 5.41) is 3.47. The number of alkyl halides is 1. The van der Waals surface area contributed by atoms with Crippen molar-refractivity contribution in [2.75, 3.05) is 5.75 Å². The van der Waals surface area contributed by atoms with Crippen LogP contribution >= 0.6 is 11.8 Å². The van der Waals surface area contributed by atoms with Gasteiger partial charge in [-0.3, -0.25) is 4.79 Å². The fourth-order valence-corrected chi connectivity index (χ4v) is 5.62. The first-order chi connectivity index (χ1) is 11.6. The fourth-order valence-electron chi connectivity index (χ4n) is 4.29. The highest BCUT2D eigenvalue weighted by molar-refractivity contribution is 8.03. The van der Waals surface area contributed by atoms with E-state index in [-0.39, 0.29) is 5.78 Å². The minimum absolute atomic E-state index is 0.123. The van der Waals surface area contributed by atoms with Crippen LogP contribution in [-0.4, -0.2) is 17.2 Å². The number of allylic oxidation sites excluding steroid dienone is 9. The highest BCUT2D eigenvalue weighted by atomic mass is 32.2. The van der Waals surface area contributed by atoms with Crippen LogP contribution in [0.2, 0.25) is 0 Å². The number of halogens is 1. The molecule has 4 rings (SSSR count). The van der Waals surface area contributed by atoms with Crippen molar-refractivity contribution in [3.05, 3.63) is 58.3 Å². The smallest absolute Gasteiger partial charge is 0.161 e. The summed E-state index contributed by atoms with van der Waals surface area (Å²) in [5.74, 6) is 0.657. The van der Waals surface area contributed by atoms with Crippen molar-refractivity contribution in [3.63, 3.8) is 0 Å². The molecule has 126 valence electrons. The Hall–Kier alpha value is -1.55. The van der Waals surface area contributed by atoms with Crippen molar-refractivity contribution in [2.45, 2.75) is 44.2 Å². The van der Waals surface area contributed by atoms with Crippen molar-refractivity contribution in [2.24, 2.45) is 5.92 Å². The number of carbonyl (C=O) groups excluding carboxylic acids is 1. The number of thioether (sulfide) groups is 1. The molecule has 0 aromatic heterocycles. The van der Waals surface area contributed by atoms with E-state index in [9.17, 15) is 4.79 Å². The maximum atomic E-state index is 16.2. The van der Waals surface area contributed by atoms with E-state index in [0.29, 0.717) is 24.8 Å². The van der Waals surface area contributed by atoms with Gasteiger partial charge in [0.05, 0.1) is 5.92 Å². The molecule has 1 N–H and O–H groups in total. The van der Waals surface area contributed by atoms with Gasteiger partial charge >= 0.3 is 0 Å². The second-order valence-corrected chi connectivity index (χ2v) is 8.09. The van der Waals surface area contributed by atoms with Crippen LogP contribution in [0.25, 0.3) is 0 Å². The summed E-state index contributed by atoms with van der Waals surface area (Å²) >= 11 is 1.72. The number of carbonyl (C=O) groups is 1. The number of dihydropyridines is 1. The van der Waals surface area contributed by atoms with Gasteiger partial charge in [-0.2, -0.15) is 0 Å². The summed E-state index contributed by atoms with van der Waals surface area (Å²) in [6.45, 7) is 3.77. The summed E-state index contributed by atoms with van der Waals surface area (Å²) in [6, 6.07) is 0. The SMILES string of the molecule is C=CCC1=CC=CC(F)(C2C3=C(CCS3)NC3=C2C(=O)CCC3)C1. The lowest BCUT2D eigenvalue weighted by atomic mass is 9.71. The second-order valence-electron chi connectivity index (χ2n) is 6.95. The Balaban J connectivity index is 1.78. The molecular weight excluding hydrogens is 321 g/mol. The Bertz CT molecular complexity index is 730. The third-order valence-electron chi connectivity index (χ3n) is 5.31. The van der Waals surface area contributed by atoms with Gasteiger partial charge < -0.3 is 5.32 Å². The van der Waals surface area contributed by atoms with Crippen LogP contribution in [0, 0.1) is 5.92 Å². The quantitative estimate of drug-likeness (QED) is 0.751. The zero-order valence-corrected chi connectivity index (χ0v) is 14.6. The standard InChI is InChI=1S/C20H22FNOS/c1-2-5-13-6-4-10-20(21,12-13)18-17-14(7-3-8-16(17)23)22-15-9-11-24-19(15)18/h2,4,6,10,18,22H,1,3,5,7-9,11-12H2. The Morgan fingerprint density at radius 2 is 2.25 bits per heavy atom. The van der Waals surface area contributed by atoms with Gasteiger partial charge in [0.15, 0.2) is 5.78 Å². The third kappa shape index (κ3) is 2.52. The van der Waals surface area contributed by atoms with Crippen LogP contribution < -0.4 is 5.32 Å². The van der Waals surface area contributed by atoms with E-state index in [1.165, 1.54) is 0 Å². The Labute approximate surface area is 146 Å². The molecule has 0 fully saturated rings. The largest absolute Gasteiger partial charge is 0.361 e. The molecule has 2 aliphatic carbocycles. The average Bonchev–Trinajstić information content (AvgIpc) is 3.01. The van der Waals surface area contributed by atoms with Crippen molar-refractivity contribution >= 4 is 17.5 Å². The summed E-state index contributed by atoms with van der Waals surface area (Å²) in [7, 11) is 0. The van der Waals surface area contributed by atoms with Crippen LogP contribution in [0.3, 0.4) is 0 Å². The first kappa shape index (κ1) is 15.9. The third-order valence-corrected chi connectivity index (χ3v) is 6.51. The summed E-state index contributed by atoms with van der Waals surface area (Å²) in [4.78, 5) is 13.7. The second kappa shape index (κ2) is 6.07. The number of hydrogen-bond acceptors (Lipinski definition) is 3. The predicted molar refractivity (Wildman–Crippen MR) is 97.1 cm³/mol. The fraction of sp³-hybridized carbons (Fsp3) is 0.450. The lowest BCUT2D eigenvalue weighted by molar-refractivity contribution is -0.117. The van der Waals surface area contributed by atoms with E-state index < -0.39 is 11.6 Å². The van der Waals surface area contributed by atoms with Crippen LogP contribution in [-0.2, 0) is 4.79 Å². The average molecular weight is 343 g/mol. The molecule has 0 saturated heterocycles. The minimum Gasteiger partial charge on any atom is -0.361 e. The molecule has 24 heavy (non-hydrogen) atoms. The molecule has 0 saturated carbocycles. The van der Waals surface area contributed by atoms with E-state index in [0.717, 1.165) is 46.9 Å². The normalized spacial score (nSPS) is 32.3. The molecule has 4 aliphatic rings. The van der Waals surface area contributed by atoms with E-state index >= 15 is 4.39 Å². The summed E-state index contributed by atoms with van der Waals surface area (Å²) < 4.78 is 16.2. The topological polar surface area (TPSA) is 29.1 Å². The number of Topliss-reactive ketones (excluding diaryl/α,β-unsaturated/α-hetero) is 1. The number of rotatable bonds is 3. The molecule has 2 aliphatic heterocycles. The molecule has 0 radical (unpaired) electrons. The molecular formula is C20H22FNOS. The van der Waals surface area contributed by atoms with Gasteiger partial charge in [-0.15, -0.1) is 18.3 Å². The zero-order valence-electron chi connectivity index (χ0n) is 13.7. The van der Waals surface area contributed by atoms with Crippen molar-refractivity contribution in [1.29, 1.82) is 0 Å². The molecule has 0 amide bonds. The maximum Gasteiger partial charge on any atom is 0.161 e. The highest BCUT2D eigenvalue weighted by Gasteiger charge is 2.49. The zero-order chi connectivity index (χ0) is 16.7. The number of nitrogens with one attached hydrogen (secondary N) is 1.